The molecule has 2 fully saturated rings. The number of carbonyl (C=O) groups excluding carboxylic acids is 1. The SMILES string of the molecule is O=C(N[C@@H]1C[C@H]2CC[C@@H]1N2)c1ccc(-c2ccncc2)s1. The van der Waals surface area contributed by atoms with E-state index in [0.29, 0.717) is 18.1 Å². The van der Waals surface area contributed by atoms with E-state index in [1.165, 1.54) is 24.2 Å². The van der Waals surface area contributed by atoms with Gasteiger partial charge in [-0.25, -0.2) is 0 Å². The van der Waals surface area contributed by atoms with Gasteiger partial charge < -0.3 is 10.6 Å². The van der Waals surface area contributed by atoms with Crippen LogP contribution in [-0.2, 0) is 0 Å². The molecule has 0 unspecified atom stereocenters. The van der Waals surface area contributed by atoms with Crippen molar-refractivity contribution in [3.8, 4) is 10.4 Å². The van der Waals surface area contributed by atoms with Gasteiger partial charge in [0.05, 0.1) is 4.88 Å². The molecule has 0 radical (unpaired) electrons. The van der Waals surface area contributed by atoms with Crippen LogP contribution in [0.3, 0.4) is 0 Å². The van der Waals surface area contributed by atoms with Crippen molar-refractivity contribution in [2.75, 3.05) is 0 Å². The highest BCUT2D eigenvalue weighted by Gasteiger charge is 2.39. The second-order valence-electron chi connectivity index (χ2n) is 5.76. The molecule has 2 saturated heterocycles. The molecule has 2 aliphatic rings. The maximum atomic E-state index is 12.4. The molecule has 21 heavy (non-hydrogen) atoms. The first-order chi connectivity index (χ1) is 10.3. The first kappa shape index (κ1) is 13.0. The van der Waals surface area contributed by atoms with Crippen molar-refractivity contribution in [2.45, 2.75) is 37.4 Å². The normalized spacial score (nSPS) is 27.0. The van der Waals surface area contributed by atoms with E-state index in [4.69, 9.17) is 0 Å². The van der Waals surface area contributed by atoms with Gasteiger partial charge in [0.1, 0.15) is 0 Å². The number of pyridine rings is 1. The lowest BCUT2D eigenvalue weighted by atomic mass is 9.95. The van der Waals surface area contributed by atoms with Gasteiger partial charge in [-0.1, -0.05) is 0 Å². The average Bonchev–Trinajstić information content (AvgIpc) is 3.24. The minimum atomic E-state index is 0.0552. The lowest BCUT2D eigenvalue weighted by Gasteiger charge is -2.20. The number of aromatic nitrogens is 1. The Labute approximate surface area is 127 Å². The van der Waals surface area contributed by atoms with Crippen molar-refractivity contribution in [1.29, 1.82) is 0 Å². The van der Waals surface area contributed by atoms with Crippen LogP contribution in [0.25, 0.3) is 10.4 Å². The number of nitrogens with one attached hydrogen (secondary N) is 2. The molecule has 2 aliphatic heterocycles. The molecule has 0 aromatic carbocycles. The summed E-state index contributed by atoms with van der Waals surface area (Å²) in [7, 11) is 0. The van der Waals surface area contributed by atoms with Gasteiger partial charge in [-0.05, 0) is 49.1 Å². The minimum absolute atomic E-state index is 0.0552. The van der Waals surface area contributed by atoms with Gasteiger partial charge in [-0.2, -0.15) is 0 Å². The molecule has 0 spiro atoms. The van der Waals surface area contributed by atoms with E-state index < -0.39 is 0 Å². The molecule has 108 valence electrons. The van der Waals surface area contributed by atoms with Crippen LogP contribution in [0.15, 0.2) is 36.7 Å². The molecular formula is C16H17N3OS. The third-order valence-corrected chi connectivity index (χ3v) is 5.54. The van der Waals surface area contributed by atoms with Gasteiger partial charge >= 0.3 is 0 Å². The lowest BCUT2D eigenvalue weighted by molar-refractivity contribution is 0.0935. The summed E-state index contributed by atoms with van der Waals surface area (Å²) in [6, 6.07) is 9.22. The second kappa shape index (κ2) is 5.24. The fourth-order valence-corrected chi connectivity index (χ4v) is 4.27. The molecule has 2 bridgehead atoms. The average molecular weight is 299 g/mol. The fourth-order valence-electron chi connectivity index (χ4n) is 3.35. The van der Waals surface area contributed by atoms with Crippen LogP contribution in [-0.4, -0.2) is 29.0 Å². The molecule has 1 amide bonds. The van der Waals surface area contributed by atoms with Crippen molar-refractivity contribution in [1.82, 2.24) is 15.6 Å². The Bertz CT molecular complexity index is 655. The summed E-state index contributed by atoms with van der Waals surface area (Å²) in [5, 5.41) is 6.74. The number of hydrogen-bond donors (Lipinski definition) is 2. The Hall–Kier alpha value is -1.72. The van der Waals surface area contributed by atoms with Crippen LogP contribution in [0.1, 0.15) is 28.9 Å². The Morgan fingerprint density at radius 1 is 1.24 bits per heavy atom. The van der Waals surface area contributed by atoms with Crippen molar-refractivity contribution < 1.29 is 4.79 Å². The lowest BCUT2D eigenvalue weighted by Crippen LogP contribution is -2.42. The molecule has 5 heteroatoms. The summed E-state index contributed by atoms with van der Waals surface area (Å²) in [5.74, 6) is 0.0552. The highest BCUT2D eigenvalue weighted by atomic mass is 32.1. The zero-order valence-corrected chi connectivity index (χ0v) is 12.4. The van der Waals surface area contributed by atoms with E-state index in [1.54, 1.807) is 12.4 Å². The molecule has 0 saturated carbocycles. The van der Waals surface area contributed by atoms with Crippen LogP contribution in [0.4, 0.5) is 0 Å². The zero-order chi connectivity index (χ0) is 14.2. The smallest absolute Gasteiger partial charge is 0.261 e. The molecule has 2 N–H and O–H groups in total. The summed E-state index contributed by atoms with van der Waals surface area (Å²) >= 11 is 1.54. The highest BCUT2D eigenvalue weighted by Crippen LogP contribution is 2.30. The Balaban J connectivity index is 1.47. The number of amides is 1. The summed E-state index contributed by atoms with van der Waals surface area (Å²) in [5.41, 5.74) is 1.11. The monoisotopic (exact) mass is 299 g/mol. The van der Waals surface area contributed by atoms with Gasteiger partial charge in [0.2, 0.25) is 0 Å². The number of nitrogens with zero attached hydrogens (tertiary/aromatic N) is 1. The van der Waals surface area contributed by atoms with Gasteiger partial charge in [0.25, 0.3) is 5.91 Å². The fraction of sp³-hybridized carbons (Fsp3) is 0.375. The maximum absolute atomic E-state index is 12.4. The van der Waals surface area contributed by atoms with Gasteiger partial charge in [-0.3, -0.25) is 9.78 Å². The first-order valence-electron chi connectivity index (χ1n) is 7.37. The predicted molar refractivity (Wildman–Crippen MR) is 83.4 cm³/mol. The van der Waals surface area contributed by atoms with Crippen LogP contribution in [0.2, 0.25) is 0 Å². The molecular weight excluding hydrogens is 282 g/mol. The van der Waals surface area contributed by atoms with Crippen molar-refractivity contribution >= 4 is 17.2 Å². The quantitative estimate of drug-likeness (QED) is 0.915. The summed E-state index contributed by atoms with van der Waals surface area (Å²) in [6.07, 6.45) is 7.05. The Morgan fingerprint density at radius 2 is 2.10 bits per heavy atom. The minimum Gasteiger partial charge on any atom is -0.347 e. The third kappa shape index (κ3) is 2.47. The van der Waals surface area contributed by atoms with E-state index in [2.05, 4.69) is 15.6 Å². The Morgan fingerprint density at radius 3 is 2.81 bits per heavy atom. The molecule has 4 heterocycles. The third-order valence-electron chi connectivity index (χ3n) is 4.41. The molecule has 2 aromatic heterocycles. The van der Waals surface area contributed by atoms with E-state index in [9.17, 15) is 4.79 Å². The summed E-state index contributed by atoms with van der Waals surface area (Å²) in [4.78, 5) is 18.3. The van der Waals surface area contributed by atoms with E-state index >= 15 is 0 Å². The van der Waals surface area contributed by atoms with Crippen LogP contribution in [0.5, 0.6) is 0 Å². The number of rotatable bonds is 3. The van der Waals surface area contributed by atoms with E-state index in [0.717, 1.165) is 21.7 Å². The van der Waals surface area contributed by atoms with Crippen molar-refractivity contribution in [2.24, 2.45) is 0 Å². The first-order valence-corrected chi connectivity index (χ1v) is 8.18. The molecule has 4 nitrogen and oxygen atoms in total. The zero-order valence-electron chi connectivity index (χ0n) is 11.6. The topological polar surface area (TPSA) is 54.0 Å². The van der Waals surface area contributed by atoms with Crippen molar-refractivity contribution in [3.63, 3.8) is 0 Å². The van der Waals surface area contributed by atoms with Crippen LogP contribution >= 0.6 is 11.3 Å². The number of hydrogen-bond acceptors (Lipinski definition) is 4. The molecule has 4 rings (SSSR count). The largest absolute Gasteiger partial charge is 0.347 e. The molecule has 0 aliphatic carbocycles. The van der Waals surface area contributed by atoms with Gasteiger partial charge in [0.15, 0.2) is 0 Å². The summed E-state index contributed by atoms with van der Waals surface area (Å²) < 4.78 is 0. The van der Waals surface area contributed by atoms with Crippen LogP contribution < -0.4 is 10.6 Å². The standard InChI is InChI=1S/C16H17N3OS/c20-16(19-13-9-11-1-2-12(13)18-11)15-4-3-14(21-15)10-5-7-17-8-6-10/h3-8,11-13,18H,1-2,9H2,(H,19,20)/t11-,12+,13-/m1/s1. The Kier molecular flexibility index (Phi) is 3.24. The van der Waals surface area contributed by atoms with E-state index in [-0.39, 0.29) is 5.91 Å². The van der Waals surface area contributed by atoms with Gasteiger partial charge in [0, 0.05) is 35.4 Å². The van der Waals surface area contributed by atoms with Gasteiger partial charge in [-0.15, -0.1) is 11.3 Å². The molecule has 3 atom stereocenters. The number of carbonyl (C=O) groups is 1. The van der Waals surface area contributed by atoms with Crippen LogP contribution in [0, 0.1) is 0 Å². The number of fused-ring (bicyclic) bond motifs is 2. The second-order valence-corrected chi connectivity index (χ2v) is 6.85. The summed E-state index contributed by atoms with van der Waals surface area (Å²) in [6.45, 7) is 0. The predicted octanol–water partition coefficient (Wildman–Crippen LogP) is 2.43. The van der Waals surface area contributed by atoms with E-state index in [1.807, 2.05) is 24.3 Å². The maximum Gasteiger partial charge on any atom is 0.261 e. The van der Waals surface area contributed by atoms with Crippen molar-refractivity contribution in [3.05, 3.63) is 41.5 Å². The number of thiophene rings is 1. The molecule has 2 aromatic rings. The highest BCUT2D eigenvalue weighted by molar-refractivity contribution is 7.17.